The van der Waals surface area contributed by atoms with Crippen LogP contribution in [0.1, 0.15) is 26.3 Å². The van der Waals surface area contributed by atoms with Gasteiger partial charge in [-0.25, -0.2) is 0 Å². The van der Waals surface area contributed by atoms with E-state index in [-0.39, 0.29) is 12.5 Å². The van der Waals surface area contributed by atoms with E-state index >= 15 is 0 Å². The number of carbonyl (C=O) groups is 1. The molecule has 3 aromatic rings. The summed E-state index contributed by atoms with van der Waals surface area (Å²) >= 11 is 13.7. The number of halogens is 2. The second-order valence-electron chi connectivity index (χ2n) is 7.61. The van der Waals surface area contributed by atoms with Crippen molar-refractivity contribution in [3.63, 3.8) is 0 Å². The van der Waals surface area contributed by atoms with Gasteiger partial charge in [0.2, 0.25) is 0 Å². The zero-order chi connectivity index (χ0) is 21.9. The molecule has 0 aliphatic carbocycles. The summed E-state index contributed by atoms with van der Waals surface area (Å²) in [6.45, 7) is 5.49. The van der Waals surface area contributed by atoms with Gasteiger partial charge in [-0.05, 0) is 63.1 Å². The van der Waals surface area contributed by atoms with Gasteiger partial charge >= 0.3 is 5.97 Å². The second-order valence-corrected chi connectivity index (χ2v) is 9.58. The lowest BCUT2D eigenvalue weighted by atomic mass is 10.0. The normalized spacial score (nSPS) is 11.2. The highest BCUT2D eigenvalue weighted by Gasteiger charge is 2.22. The number of esters is 1. The molecule has 0 aromatic heterocycles. The molecule has 0 bridgehead atoms. The number of nitrogens with zero attached hydrogens (tertiary/aromatic N) is 2. The van der Waals surface area contributed by atoms with Crippen LogP contribution in [0.3, 0.4) is 0 Å². The Morgan fingerprint density at radius 2 is 1.70 bits per heavy atom. The average Bonchev–Trinajstić information content (AvgIpc) is 2.64. The minimum Gasteiger partial charge on any atom is -0.459 e. The summed E-state index contributed by atoms with van der Waals surface area (Å²) in [5, 5.41) is 12.2. The smallest absolute Gasteiger partial charge is 0.327 e. The molecule has 0 saturated carbocycles. The van der Waals surface area contributed by atoms with Crippen molar-refractivity contribution in [1.29, 1.82) is 5.26 Å². The lowest BCUT2D eigenvalue weighted by Crippen LogP contribution is -2.31. The highest BCUT2D eigenvalue weighted by atomic mass is 35.5. The topological polar surface area (TPSA) is 53.3 Å². The van der Waals surface area contributed by atoms with Crippen molar-refractivity contribution in [1.82, 2.24) is 0 Å². The third-order valence-corrected chi connectivity index (χ3v) is 5.46. The van der Waals surface area contributed by atoms with Gasteiger partial charge in [0, 0.05) is 25.7 Å². The molecule has 0 spiro atoms. The van der Waals surface area contributed by atoms with Crippen LogP contribution in [0.2, 0.25) is 10.0 Å². The first-order valence-corrected chi connectivity index (χ1v) is 10.7. The standard InChI is InChI=1S/C23H20Cl2N2O2S/c1-23(2,3)29-22(28)14-27(30-18-11-16(24)10-17(25)12-18)21-9-5-7-19-15(13-26)6-4-8-20(19)21/h4-12H,14H2,1-3H3. The summed E-state index contributed by atoms with van der Waals surface area (Å²) in [6.07, 6.45) is 0. The van der Waals surface area contributed by atoms with Crippen LogP contribution in [-0.2, 0) is 9.53 Å². The van der Waals surface area contributed by atoms with E-state index in [4.69, 9.17) is 27.9 Å². The van der Waals surface area contributed by atoms with Crippen molar-refractivity contribution in [3.05, 3.63) is 70.2 Å². The van der Waals surface area contributed by atoms with E-state index in [2.05, 4.69) is 6.07 Å². The van der Waals surface area contributed by atoms with E-state index in [0.717, 1.165) is 21.4 Å². The number of anilines is 1. The average molecular weight is 459 g/mol. The third-order valence-electron chi connectivity index (χ3n) is 4.03. The molecule has 7 heteroatoms. The molecular weight excluding hydrogens is 439 g/mol. The van der Waals surface area contributed by atoms with Crippen molar-refractivity contribution < 1.29 is 9.53 Å². The maximum absolute atomic E-state index is 12.6. The van der Waals surface area contributed by atoms with E-state index in [0.29, 0.717) is 15.6 Å². The van der Waals surface area contributed by atoms with Gasteiger partial charge in [-0.15, -0.1) is 0 Å². The number of benzene rings is 3. The number of carbonyl (C=O) groups excluding carboxylic acids is 1. The molecule has 154 valence electrons. The van der Waals surface area contributed by atoms with Gasteiger partial charge in [0.25, 0.3) is 0 Å². The number of rotatable bonds is 5. The van der Waals surface area contributed by atoms with E-state index in [1.54, 1.807) is 24.3 Å². The maximum Gasteiger partial charge on any atom is 0.327 e. The Bertz CT molecular complexity index is 1120. The van der Waals surface area contributed by atoms with Gasteiger partial charge < -0.3 is 9.04 Å². The summed E-state index contributed by atoms with van der Waals surface area (Å²) in [5.41, 5.74) is 0.762. The fourth-order valence-electron chi connectivity index (χ4n) is 2.97. The third kappa shape index (κ3) is 5.60. The van der Waals surface area contributed by atoms with E-state index in [9.17, 15) is 10.1 Å². The molecule has 4 nitrogen and oxygen atoms in total. The molecule has 0 saturated heterocycles. The summed E-state index contributed by atoms with van der Waals surface area (Å²) < 4.78 is 7.37. The molecule has 0 unspecified atom stereocenters. The van der Waals surface area contributed by atoms with Gasteiger partial charge in [0.1, 0.15) is 12.1 Å². The zero-order valence-corrected chi connectivity index (χ0v) is 19.1. The Kier molecular flexibility index (Phi) is 6.82. The van der Waals surface area contributed by atoms with Gasteiger partial charge in [0.15, 0.2) is 0 Å². The summed E-state index contributed by atoms with van der Waals surface area (Å²) in [7, 11) is 0. The molecule has 0 heterocycles. The number of fused-ring (bicyclic) bond motifs is 1. The number of ether oxygens (including phenoxy) is 1. The molecule has 0 atom stereocenters. The van der Waals surface area contributed by atoms with Gasteiger partial charge in [-0.3, -0.25) is 4.79 Å². The Morgan fingerprint density at radius 1 is 1.07 bits per heavy atom. The van der Waals surface area contributed by atoms with Crippen LogP contribution in [0.4, 0.5) is 5.69 Å². The molecule has 0 aliphatic rings. The van der Waals surface area contributed by atoms with Crippen LogP contribution in [0, 0.1) is 11.3 Å². The monoisotopic (exact) mass is 458 g/mol. The first-order chi connectivity index (χ1) is 14.2. The molecule has 30 heavy (non-hydrogen) atoms. The highest BCUT2D eigenvalue weighted by Crippen LogP contribution is 2.37. The van der Waals surface area contributed by atoms with Crippen LogP contribution in [0.15, 0.2) is 59.5 Å². The first-order valence-electron chi connectivity index (χ1n) is 9.21. The van der Waals surface area contributed by atoms with Gasteiger partial charge in [-0.1, -0.05) is 47.5 Å². The Morgan fingerprint density at radius 3 is 2.33 bits per heavy atom. The van der Waals surface area contributed by atoms with Crippen LogP contribution in [-0.4, -0.2) is 18.1 Å². The fraction of sp³-hybridized carbons (Fsp3) is 0.217. The number of hydrogen-bond acceptors (Lipinski definition) is 5. The van der Waals surface area contributed by atoms with Crippen LogP contribution in [0.25, 0.3) is 10.8 Å². The molecule has 3 rings (SSSR count). The van der Waals surface area contributed by atoms with Crippen molar-refractivity contribution in [2.24, 2.45) is 0 Å². The van der Waals surface area contributed by atoms with E-state index < -0.39 is 5.60 Å². The summed E-state index contributed by atoms with van der Waals surface area (Å²) in [4.78, 5) is 13.4. The number of hydrogen-bond donors (Lipinski definition) is 0. The molecule has 0 aliphatic heterocycles. The zero-order valence-electron chi connectivity index (χ0n) is 16.8. The Labute approximate surface area is 190 Å². The van der Waals surface area contributed by atoms with E-state index in [1.165, 1.54) is 11.9 Å². The maximum atomic E-state index is 12.6. The minimum atomic E-state index is -0.598. The summed E-state index contributed by atoms with van der Waals surface area (Å²) in [6, 6.07) is 18.6. The molecule has 0 amide bonds. The first kappa shape index (κ1) is 22.3. The van der Waals surface area contributed by atoms with Crippen LogP contribution >= 0.6 is 35.1 Å². The van der Waals surface area contributed by atoms with Crippen molar-refractivity contribution in [2.45, 2.75) is 31.3 Å². The fourth-order valence-corrected chi connectivity index (χ4v) is 4.67. The number of nitriles is 1. The SMILES string of the molecule is CC(C)(C)OC(=O)CN(Sc1cc(Cl)cc(Cl)c1)c1cccc2c(C#N)cccc12. The molecule has 0 N–H and O–H groups in total. The van der Waals surface area contributed by atoms with Crippen LogP contribution in [0.5, 0.6) is 0 Å². The minimum absolute atomic E-state index is 0.00195. The second kappa shape index (κ2) is 9.18. The Hall–Kier alpha value is -2.39. The Balaban J connectivity index is 2.06. The van der Waals surface area contributed by atoms with Crippen molar-refractivity contribution >= 4 is 57.6 Å². The van der Waals surface area contributed by atoms with Crippen molar-refractivity contribution in [2.75, 3.05) is 10.8 Å². The van der Waals surface area contributed by atoms with Crippen molar-refractivity contribution in [3.8, 4) is 6.07 Å². The predicted molar refractivity (Wildman–Crippen MR) is 124 cm³/mol. The quantitative estimate of drug-likeness (QED) is 0.308. The van der Waals surface area contributed by atoms with Gasteiger partial charge in [0.05, 0.1) is 17.3 Å². The summed E-state index contributed by atoms with van der Waals surface area (Å²) in [5.74, 6) is -0.364. The lowest BCUT2D eigenvalue weighted by Gasteiger charge is -2.26. The molecular formula is C23H20Cl2N2O2S. The molecule has 0 fully saturated rings. The van der Waals surface area contributed by atoms with Gasteiger partial charge in [-0.2, -0.15) is 5.26 Å². The molecule has 3 aromatic carbocycles. The highest BCUT2D eigenvalue weighted by molar-refractivity contribution is 8.00. The van der Waals surface area contributed by atoms with Crippen LogP contribution < -0.4 is 4.31 Å². The predicted octanol–water partition coefficient (Wildman–Crippen LogP) is 6.87. The van der Waals surface area contributed by atoms with E-state index in [1.807, 2.05) is 55.4 Å². The molecule has 0 radical (unpaired) electrons. The largest absolute Gasteiger partial charge is 0.459 e. The lowest BCUT2D eigenvalue weighted by molar-refractivity contribution is -0.152.